The van der Waals surface area contributed by atoms with Gasteiger partial charge in [-0.05, 0) is 35.9 Å². The molecule has 1 aromatic heterocycles. The molecule has 0 saturated carbocycles. The molecule has 0 spiro atoms. The fraction of sp³-hybridized carbons (Fsp3) is 0.136. The van der Waals surface area contributed by atoms with Crippen molar-refractivity contribution in [2.75, 3.05) is 17.8 Å². The minimum atomic E-state index is -2.69. The van der Waals surface area contributed by atoms with Gasteiger partial charge in [0, 0.05) is 22.7 Å². The Bertz CT molecular complexity index is 1280. The van der Waals surface area contributed by atoms with Crippen molar-refractivity contribution in [2.45, 2.75) is 13.0 Å². The molecular weight excluding hydrogens is 464 g/mol. The van der Waals surface area contributed by atoms with Gasteiger partial charge in [-0.2, -0.15) is 0 Å². The summed E-state index contributed by atoms with van der Waals surface area (Å²) in [6.45, 7) is -0.726. The quantitative estimate of drug-likeness (QED) is 0.312. The first-order chi connectivity index (χ1) is 15.3. The molecule has 0 aliphatic heterocycles. The standard InChI is InChI=1S/C22H17Cl2F3N4O/c23-14-8-15(21(16(24)9-14)32-11-20(26)27)12-5-6-13(17(25)7-12)10-29-22-30-18-3-1-2-4-19(18)31(22)28/h1-9,20H,10-11,28H2,(H,29,30). The maximum atomic E-state index is 14.9. The van der Waals surface area contributed by atoms with E-state index >= 15 is 0 Å². The van der Waals surface area contributed by atoms with Gasteiger partial charge in [-0.3, -0.25) is 0 Å². The van der Waals surface area contributed by atoms with Gasteiger partial charge < -0.3 is 15.9 Å². The monoisotopic (exact) mass is 480 g/mol. The van der Waals surface area contributed by atoms with Crippen molar-refractivity contribution in [1.82, 2.24) is 9.66 Å². The number of anilines is 1. The Morgan fingerprint density at radius 1 is 1.09 bits per heavy atom. The number of alkyl halides is 2. The largest absolute Gasteiger partial charge is 0.485 e. The number of nitrogens with two attached hydrogens (primary N) is 1. The maximum Gasteiger partial charge on any atom is 0.272 e. The number of nitrogens with zero attached hydrogens (tertiary/aromatic N) is 2. The predicted octanol–water partition coefficient (Wildman–Crippen LogP) is 6.12. The smallest absolute Gasteiger partial charge is 0.272 e. The van der Waals surface area contributed by atoms with E-state index in [9.17, 15) is 13.2 Å². The molecule has 0 amide bonds. The molecule has 5 nitrogen and oxygen atoms in total. The fourth-order valence-electron chi connectivity index (χ4n) is 3.27. The lowest BCUT2D eigenvalue weighted by atomic mass is 10.0. The molecule has 0 aliphatic rings. The Kier molecular flexibility index (Phi) is 6.34. The number of para-hydroxylation sites is 2. The second-order valence-electron chi connectivity index (χ2n) is 6.92. The summed E-state index contributed by atoms with van der Waals surface area (Å²) in [4.78, 5) is 4.39. The van der Waals surface area contributed by atoms with E-state index in [0.29, 0.717) is 28.2 Å². The van der Waals surface area contributed by atoms with E-state index in [2.05, 4.69) is 10.3 Å². The van der Waals surface area contributed by atoms with Crippen LogP contribution in [0.1, 0.15) is 5.56 Å². The third-order valence-corrected chi connectivity index (χ3v) is 5.26. The van der Waals surface area contributed by atoms with Crippen LogP contribution in [0.15, 0.2) is 54.6 Å². The topological polar surface area (TPSA) is 65.1 Å². The number of aromatic nitrogens is 2. The molecule has 3 aromatic carbocycles. The molecule has 0 aliphatic carbocycles. The van der Waals surface area contributed by atoms with Crippen LogP contribution in [0.3, 0.4) is 0 Å². The molecule has 0 radical (unpaired) electrons. The van der Waals surface area contributed by atoms with Crippen molar-refractivity contribution in [3.05, 3.63) is 76.0 Å². The van der Waals surface area contributed by atoms with E-state index in [1.165, 1.54) is 22.9 Å². The summed E-state index contributed by atoms with van der Waals surface area (Å²) in [6.07, 6.45) is -2.69. The second kappa shape index (κ2) is 9.18. The third-order valence-electron chi connectivity index (χ3n) is 4.76. The zero-order chi connectivity index (χ0) is 22.8. The highest BCUT2D eigenvalue weighted by atomic mass is 35.5. The number of rotatable bonds is 7. The van der Waals surface area contributed by atoms with Crippen LogP contribution in [0.4, 0.5) is 19.1 Å². The number of hydrogen-bond donors (Lipinski definition) is 2. The number of fused-ring (bicyclic) bond motifs is 1. The third kappa shape index (κ3) is 4.56. The highest BCUT2D eigenvalue weighted by Crippen LogP contribution is 2.39. The highest BCUT2D eigenvalue weighted by molar-refractivity contribution is 6.36. The Morgan fingerprint density at radius 2 is 1.88 bits per heavy atom. The van der Waals surface area contributed by atoms with Gasteiger partial charge in [-0.1, -0.05) is 47.5 Å². The average Bonchev–Trinajstić information content (AvgIpc) is 3.07. The van der Waals surface area contributed by atoms with Gasteiger partial charge in [0.2, 0.25) is 5.95 Å². The Labute approximate surface area is 191 Å². The van der Waals surface area contributed by atoms with Crippen molar-refractivity contribution in [2.24, 2.45) is 0 Å². The first kappa shape index (κ1) is 22.1. The predicted molar refractivity (Wildman–Crippen MR) is 121 cm³/mol. The summed E-state index contributed by atoms with van der Waals surface area (Å²) in [6, 6.07) is 14.7. The van der Waals surface area contributed by atoms with E-state index in [0.717, 1.165) is 5.52 Å². The fourth-order valence-corrected chi connectivity index (χ4v) is 3.82. The van der Waals surface area contributed by atoms with Gasteiger partial charge >= 0.3 is 0 Å². The van der Waals surface area contributed by atoms with Crippen molar-refractivity contribution in [1.29, 1.82) is 0 Å². The SMILES string of the molecule is Nn1c(NCc2ccc(-c3cc(Cl)cc(Cl)c3OCC(F)F)cc2F)nc2ccccc21. The van der Waals surface area contributed by atoms with Gasteiger partial charge in [0.15, 0.2) is 0 Å². The summed E-state index contributed by atoms with van der Waals surface area (Å²) in [5, 5.41) is 3.34. The molecule has 4 aromatic rings. The van der Waals surface area contributed by atoms with Crippen LogP contribution in [0.25, 0.3) is 22.2 Å². The molecule has 10 heteroatoms. The van der Waals surface area contributed by atoms with Gasteiger partial charge in [-0.15, -0.1) is 0 Å². The Hall–Kier alpha value is -3.10. The van der Waals surface area contributed by atoms with E-state index in [1.807, 2.05) is 24.3 Å². The minimum absolute atomic E-state index is 0.0125. The molecule has 1 heterocycles. The van der Waals surface area contributed by atoms with Crippen LogP contribution in [0, 0.1) is 5.82 Å². The van der Waals surface area contributed by atoms with Gasteiger partial charge in [-0.25, -0.2) is 22.8 Å². The maximum absolute atomic E-state index is 14.9. The molecule has 0 fully saturated rings. The Balaban J connectivity index is 1.59. The van der Waals surface area contributed by atoms with Gasteiger partial charge in [0.1, 0.15) is 18.2 Å². The van der Waals surface area contributed by atoms with Crippen molar-refractivity contribution in [3.8, 4) is 16.9 Å². The summed E-state index contributed by atoms with van der Waals surface area (Å²) >= 11 is 12.2. The number of hydrogen-bond acceptors (Lipinski definition) is 4. The van der Waals surface area contributed by atoms with E-state index < -0.39 is 18.8 Å². The van der Waals surface area contributed by atoms with E-state index in [-0.39, 0.29) is 22.3 Å². The highest BCUT2D eigenvalue weighted by Gasteiger charge is 2.17. The number of halogens is 5. The lowest BCUT2D eigenvalue weighted by Crippen LogP contribution is -2.14. The molecule has 0 unspecified atom stereocenters. The number of imidazole rings is 1. The van der Waals surface area contributed by atoms with Crippen LogP contribution in [0.2, 0.25) is 10.0 Å². The van der Waals surface area contributed by atoms with E-state index in [4.69, 9.17) is 33.8 Å². The molecule has 0 saturated heterocycles. The van der Waals surface area contributed by atoms with Crippen molar-refractivity contribution < 1.29 is 17.9 Å². The zero-order valence-corrected chi connectivity index (χ0v) is 18.0. The van der Waals surface area contributed by atoms with Crippen molar-refractivity contribution >= 4 is 40.2 Å². The first-order valence-electron chi connectivity index (χ1n) is 9.48. The normalized spacial score (nSPS) is 11.3. The lowest BCUT2D eigenvalue weighted by molar-refractivity contribution is 0.0822. The number of benzene rings is 3. The lowest BCUT2D eigenvalue weighted by Gasteiger charge is -2.15. The molecule has 0 bridgehead atoms. The number of nitrogens with one attached hydrogen (secondary N) is 1. The summed E-state index contributed by atoms with van der Waals surface area (Å²) < 4.78 is 46.7. The zero-order valence-electron chi connectivity index (χ0n) is 16.5. The van der Waals surface area contributed by atoms with Crippen LogP contribution in [-0.4, -0.2) is 22.7 Å². The molecule has 4 rings (SSSR count). The molecule has 0 atom stereocenters. The average molecular weight is 481 g/mol. The summed E-state index contributed by atoms with van der Waals surface area (Å²) in [5.74, 6) is 5.92. The van der Waals surface area contributed by atoms with Gasteiger partial charge in [0.05, 0.1) is 16.1 Å². The number of ether oxygens (including phenoxy) is 1. The van der Waals surface area contributed by atoms with Crippen molar-refractivity contribution in [3.63, 3.8) is 0 Å². The summed E-state index contributed by atoms with van der Waals surface area (Å²) in [5.41, 5.74) is 2.49. The molecular formula is C22H17Cl2F3N4O. The van der Waals surface area contributed by atoms with Crippen LogP contribution in [0.5, 0.6) is 5.75 Å². The molecule has 32 heavy (non-hydrogen) atoms. The first-order valence-corrected chi connectivity index (χ1v) is 10.2. The van der Waals surface area contributed by atoms with Crippen LogP contribution < -0.4 is 15.9 Å². The number of nitrogen functional groups attached to an aromatic ring is 1. The van der Waals surface area contributed by atoms with E-state index in [1.54, 1.807) is 12.1 Å². The second-order valence-corrected chi connectivity index (χ2v) is 7.76. The Morgan fingerprint density at radius 3 is 2.59 bits per heavy atom. The van der Waals surface area contributed by atoms with Crippen LogP contribution >= 0.6 is 23.2 Å². The molecule has 3 N–H and O–H groups in total. The molecule has 166 valence electrons. The van der Waals surface area contributed by atoms with Gasteiger partial charge in [0.25, 0.3) is 6.43 Å². The minimum Gasteiger partial charge on any atom is -0.485 e. The van der Waals surface area contributed by atoms with Crippen LogP contribution in [-0.2, 0) is 6.54 Å². The summed E-state index contributed by atoms with van der Waals surface area (Å²) in [7, 11) is 0.